The molecule has 1 saturated heterocycles. The van der Waals surface area contributed by atoms with Gasteiger partial charge in [-0.2, -0.15) is 0 Å². The molecule has 2 rings (SSSR count). The Bertz CT molecular complexity index is 405. The fraction of sp³-hybridized carbons (Fsp3) is 0.600. The van der Waals surface area contributed by atoms with E-state index in [1.54, 1.807) is 0 Å². The van der Waals surface area contributed by atoms with Gasteiger partial charge in [0.05, 0.1) is 0 Å². The maximum absolute atomic E-state index is 6.33. The lowest BCUT2D eigenvalue weighted by atomic mass is 9.91. The van der Waals surface area contributed by atoms with Gasteiger partial charge < -0.3 is 10.6 Å². The Morgan fingerprint density at radius 1 is 1.39 bits per heavy atom. The maximum Gasteiger partial charge on any atom is 0.0459 e. The summed E-state index contributed by atoms with van der Waals surface area (Å²) in [6.07, 6.45) is 3.45. The molecule has 1 aromatic carbocycles. The molecular weight excluding hydrogens is 244 g/mol. The molecule has 0 aromatic heterocycles. The van der Waals surface area contributed by atoms with Crippen molar-refractivity contribution in [2.24, 2.45) is 11.7 Å². The number of anilines is 1. The van der Waals surface area contributed by atoms with Crippen molar-refractivity contribution in [3.63, 3.8) is 0 Å². The van der Waals surface area contributed by atoms with Gasteiger partial charge in [0.2, 0.25) is 0 Å². The van der Waals surface area contributed by atoms with Crippen molar-refractivity contribution in [1.82, 2.24) is 0 Å². The third kappa shape index (κ3) is 2.81. The van der Waals surface area contributed by atoms with Crippen molar-refractivity contribution >= 4 is 17.3 Å². The molecule has 0 radical (unpaired) electrons. The molecule has 0 spiro atoms. The largest absolute Gasteiger partial charge is 0.369 e. The van der Waals surface area contributed by atoms with Gasteiger partial charge in [-0.05, 0) is 56.3 Å². The van der Waals surface area contributed by atoms with Crippen LogP contribution >= 0.6 is 11.6 Å². The average Bonchev–Trinajstić information content (AvgIpc) is 2.35. The normalized spacial score (nSPS) is 24.3. The molecule has 2 N–H and O–H groups in total. The van der Waals surface area contributed by atoms with Gasteiger partial charge in [-0.3, -0.25) is 0 Å². The van der Waals surface area contributed by atoms with Crippen LogP contribution in [0, 0.1) is 5.92 Å². The highest BCUT2D eigenvalue weighted by Gasteiger charge is 2.24. The van der Waals surface area contributed by atoms with Crippen LogP contribution in [0.1, 0.15) is 32.3 Å². The van der Waals surface area contributed by atoms with Crippen LogP contribution in [0.25, 0.3) is 0 Å². The minimum Gasteiger partial charge on any atom is -0.369 e. The van der Waals surface area contributed by atoms with Crippen molar-refractivity contribution in [1.29, 1.82) is 0 Å². The number of nitrogens with zero attached hydrogens (tertiary/aromatic N) is 1. The molecule has 0 saturated carbocycles. The summed E-state index contributed by atoms with van der Waals surface area (Å²) in [5.41, 5.74) is 7.98. The van der Waals surface area contributed by atoms with Crippen LogP contribution in [-0.2, 0) is 6.42 Å². The van der Waals surface area contributed by atoms with E-state index in [0.29, 0.717) is 12.6 Å². The topological polar surface area (TPSA) is 29.3 Å². The first-order valence-corrected chi connectivity index (χ1v) is 7.26. The van der Waals surface area contributed by atoms with Gasteiger partial charge in [0.1, 0.15) is 0 Å². The summed E-state index contributed by atoms with van der Waals surface area (Å²) in [5.74, 6) is 0.751. The highest BCUT2D eigenvalue weighted by molar-refractivity contribution is 6.31. The fourth-order valence-electron chi connectivity index (χ4n) is 2.77. The van der Waals surface area contributed by atoms with E-state index < -0.39 is 0 Å². The summed E-state index contributed by atoms with van der Waals surface area (Å²) in [6.45, 7) is 6.43. The molecule has 1 heterocycles. The van der Waals surface area contributed by atoms with Crippen molar-refractivity contribution < 1.29 is 0 Å². The Kier molecular flexibility index (Phi) is 4.52. The third-order valence-electron chi connectivity index (χ3n) is 4.16. The quantitative estimate of drug-likeness (QED) is 0.908. The SMILES string of the molecule is CC1CCCN(c2ccc(CCN)c(Cl)c2)C1C. The van der Waals surface area contributed by atoms with Crippen LogP contribution in [0.15, 0.2) is 18.2 Å². The number of nitrogens with two attached hydrogens (primary N) is 1. The van der Waals surface area contributed by atoms with Crippen LogP contribution < -0.4 is 10.6 Å². The maximum atomic E-state index is 6.33. The lowest BCUT2D eigenvalue weighted by Gasteiger charge is -2.39. The Hall–Kier alpha value is -0.730. The average molecular weight is 267 g/mol. The molecular formula is C15H23ClN2. The zero-order valence-corrected chi connectivity index (χ0v) is 12.1. The first-order chi connectivity index (χ1) is 8.63. The molecule has 1 aliphatic rings. The molecule has 2 unspecified atom stereocenters. The number of halogens is 1. The second-order valence-electron chi connectivity index (χ2n) is 5.37. The molecule has 2 atom stereocenters. The molecule has 3 heteroatoms. The molecule has 0 amide bonds. The number of piperidine rings is 1. The first-order valence-electron chi connectivity index (χ1n) is 6.88. The first kappa shape index (κ1) is 13.7. The number of hydrogen-bond donors (Lipinski definition) is 1. The van der Waals surface area contributed by atoms with E-state index in [1.807, 2.05) is 0 Å². The Labute approximate surface area is 115 Å². The van der Waals surface area contributed by atoms with Gasteiger partial charge in [0.15, 0.2) is 0 Å². The van der Waals surface area contributed by atoms with E-state index in [1.165, 1.54) is 18.5 Å². The lowest BCUT2D eigenvalue weighted by Crippen LogP contribution is -2.42. The molecule has 0 bridgehead atoms. The Morgan fingerprint density at radius 3 is 2.83 bits per heavy atom. The number of hydrogen-bond acceptors (Lipinski definition) is 2. The van der Waals surface area contributed by atoms with Crippen LogP contribution in [0.5, 0.6) is 0 Å². The minimum absolute atomic E-state index is 0.593. The van der Waals surface area contributed by atoms with E-state index in [2.05, 4.69) is 36.9 Å². The highest BCUT2D eigenvalue weighted by Crippen LogP contribution is 2.31. The van der Waals surface area contributed by atoms with Crippen molar-refractivity contribution in [3.8, 4) is 0 Å². The molecule has 1 fully saturated rings. The van der Waals surface area contributed by atoms with Crippen LogP contribution in [0.4, 0.5) is 5.69 Å². The number of benzene rings is 1. The number of rotatable bonds is 3. The third-order valence-corrected chi connectivity index (χ3v) is 4.51. The minimum atomic E-state index is 0.593. The molecule has 2 nitrogen and oxygen atoms in total. The predicted molar refractivity (Wildman–Crippen MR) is 79.4 cm³/mol. The standard InChI is InChI=1S/C15H23ClN2/c1-11-4-3-9-18(12(11)2)14-6-5-13(7-8-17)15(16)10-14/h5-6,10-12H,3-4,7-9,17H2,1-2H3. The molecule has 18 heavy (non-hydrogen) atoms. The summed E-state index contributed by atoms with van der Waals surface area (Å²) < 4.78 is 0. The summed E-state index contributed by atoms with van der Waals surface area (Å²) in [6, 6.07) is 7.00. The predicted octanol–water partition coefficient (Wildman–Crippen LogP) is 3.47. The molecule has 1 aromatic rings. The summed E-state index contributed by atoms with van der Waals surface area (Å²) in [7, 11) is 0. The smallest absolute Gasteiger partial charge is 0.0459 e. The van der Waals surface area contributed by atoms with Crippen LogP contribution in [-0.4, -0.2) is 19.1 Å². The fourth-order valence-corrected chi connectivity index (χ4v) is 3.04. The molecule has 100 valence electrons. The van der Waals surface area contributed by atoms with Gasteiger partial charge in [-0.1, -0.05) is 24.6 Å². The second kappa shape index (κ2) is 5.94. The van der Waals surface area contributed by atoms with Crippen LogP contribution in [0.2, 0.25) is 5.02 Å². The van der Waals surface area contributed by atoms with Crippen molar-refractivity contribution in [2.45, 2.75) is 39.2 Å². The zero-order valence-electron chi connectivity index (χ0n) is 11.3. The summed E-state index contributed by atoms with van der Waals surface area (Å²) in [4.78, 5) is 2.48. The van der Waals surface area contributed by atoms with Gasteiger partial charge in [0, 0.05) is 23.3 Å². The van der Waals surface area contributed by atoms with Gasteiger partial charge in [0.25, 0.3) is 0 Å². The van der Waals surface area contributed by atoms with Gasteiger partial charge in [-0.15, -0.1) is 0 Å². The van der Waals surface area contributed by atoms with E-state index in [0.717, 1.165) is 29.5 Å². The van der Waals surface area contributed by atoms with Gasteiger partial charge in [-0.25, -0.2) is 0 Å². The second-order valence-corrected chi connectivity index (χ2v) is 5.78. The van der Waals surface area contributed by atoms with E-state index in [-0.39, 0.29) is 0 Å². The van der Waals surface area contributed by atoms with E-state index in [9.17, 15) is 0 Å². The Morgan fingerprint density at radius 2 is 2.17 bits per heavy atom. The molecule has 1 aliphatic heterocycles. The monoisotopic (exact) mass is 266 g/mol. The van der Waals surface area contributed by atoms with Crippen LogP contribution in [0.3, 0.4) is 0 Å². The molecule has 0 aliphatic carbocycles. The summed E-state index contributed by atoms with van der Waals surface area (Å²) >= 11 is 6.33. The highest BCUT2D eigenvalue weighted by atomic mass is 35.5. The van der Waals surface area contributed by atoms with Crippen molar-refractivity contribution in [3.05, 3.63) is 28.8 Å². The van der Waals surface area contributed by atoms with Gasteiger partial charge >= 0.3 is 0 Å². The zero-order chi connectivity index (χ0) is 13.1. The van der Waals surface area contributed by atoms with Crippen molar-refractivity contribution in [2.75, 3.05) is 18.0 Å². The van der Waals surface area contributed by atoms with E-state index >= 15 is 0 Å². The Balaban J connectivity index is 2.20. The van der Waals surface area contributed by atoms with E-state index in [4.69, 9.17) is 17.3 Å². The lowest BCUT2D eigenvalue weighted by molar-refractivity contribution is 0.363. The summed E-state index contributed by atoms with van der Waals surface area (Å²) in [5, 5.41) is 0.850.